The van der Waals surface area contributed by atoms with Crippen LogP contribution in [0, 0.1) is 0 Å². The van der Waals surface area contributed by atoms with Gasteiger partial charge in [0.1, 0.15) is 0 Å². The number of amides is 1. The van der Waals surface area contributed by atoms with Crippen LogP contribution in [0.15, 0.2) is 35.7 Å². The number of halogens is 1. The normalized spacial score (nSPS) is 18.4. The van der Waals surface area contributed by atoms with Crippen molar-refractivity contribution in [3.63, 3.8) is 0 Å². The number of benzene rings is 1. The smallest absolute Gasteiger partial charge is 0.258 e. The zero-order chi connectivity index (χ0) is 14.1. The number of nitrogens with zero attached hydrogens (tertiary/aromatic N) is 1. The van der Waals surface area contributed by atoms with Gasteiger partial charge in [0, 0.05) is 17.1 Å². The van der Waals surface area contributed by atoms with Crippen molar-refractivity contribution in [2.75, 3.05) is 12.3 Å². The van der Waals surface area contributed by atoms with E-state index in [0.717, 1.165) is 19.4 Å². The van der Waals surface area contributed by atoms with Crippen molar-refractivity contribution >= 4 is 34.5 Å². The average Bonchev–Trinajstić information content (AvgIpc) is 3.09. The van der Waals surface area contributed by atoms with E-state index in [0.29, 0.717) is 16.3 Å². The van der Waals surface area contributed by atoms with E-state index < -0.39 is 0 Å². The molecule has 3 rings (SSSR count). The van der Waals surface area contributed by atoms with Gasteiger partial charge in [-0.05, 0) is 36.4 Å². The summed E-state index contributed by atoms with van der Waals surface area (Å²) >= 11 is 7.84. The Morgan fingerprint density at radius 1 is 1.35 bits per heavy atom. The van der Waals surface area contributed by atoms with Crippen molar-refractivity contribution < 1.29 is 4.79 Å². The predicted molar refractivity (Wildman–Crippen MR) is 83.2 cm³/mol. The van der Waals surface area contributed by atoms with Gasteiger partial charge in [-0.15, -0.1) is 11.3 Å². The predicted octanol–water partition coefficient (Wildman–Crippen LogP) is 3.96. The maximum atomic E-state index is 12.8. The highest BCUT2D eigenvalue weighted by Crippen LogP contribution is 2.37. The number of nitrogens with two attached hydrogens (primary N) is 1. The molecule has 0 spiro atoms. The Balaban J connectivity index is 1.94. The average molecular weight is 307 g/mol. The lowest BCUT2D eigenvalue weighted by molar-refractivity contribution is 0.0739. The minimum absolute atomic E-state index is 0.0657. The first-order valence-corrected chi connectivity index (χ1v) is 7.82. The number of hydrogen-bond donors (Lipinski definition) is 1. The van der Waals surface area contributed by atoms with Crippen molar-refractivity contribution in [1.82, 2.24) is 4.90 Å². The van der Waals surface area contributed by atoms with Gasteiger partial charge in [-0.25, -0.2) is 0 Å². The maximum Gasteiger partial charge on any atom is 0.258 e. The largest absolute Gasteiger partial charge is 0.398 e. The van der Waals surface area contributed by atoms with E-state index in [1.807, 2.05) is 16.3 Å². The van der Waals surface area contributed by atoms with Gasteiger partial charge in [0.2, 0.25) is 0 Å². The topological polar surface area (TPSA) is 46.3 Å². The molecule has 1 aromatic carbocycles. The lowest BCUT2D eigenvalue weighted by atomic mass is 10.1. The van der Waals surface area contributed by atoms with Crippen LogP contribution >= 0.6 is 22.9 Å². The molecule has 20 heavy (non-hydrogen) atoms. The van der Waals surface area contributed by atoms with Crippen molar-refractivity contribution in [3.8, 4) is 0 Å². The lowest BCUT2D eigenvalue weighted by Crippen LogP contribution is -2.31. The molecule has 0 radical (unpaired) electrons. The number of nitrogen functional groups attached to an aromatic ring is 1. The molecule has 104 valence electrons. The quantitative estimate of drug-likeness (QED) is 0.854. The molecule has 1 unspecified atom stereocenters. The third-order valence-corrected chi connectivity index (χ3v) is 4.93. The standard InChI is InChI=1S/C15H15ClN2OS/c16-10-4-1-5-11(17)14(10)15(19)18-8-2-6-12(18)13-7-3-9-20-13/h1,3-5,7,9,12H,2,6,8,17H2. The second-order valence-electron chi connectivity index (χ2n) is 4.88. The summed E-state index contributed by atoms with van der Waals surface area (Å²) in [5.74, 6) is -0.0657. The SMILES string of the molecule is Nc1cccc(Cl)c1C(=O)N1CCCC1c1cccs1. The zero-order valence-corrected chi connectivity index (χ0v) is 12.5. The Hall–Kier alpha value is -1.52. The number of carbonyl (C=O) groups excluding carboxylic acids is 1. The first kappa shape index (κ1) is 13.5. The van der Waals surface area contributed by atoms with E-state index in [1.54, 1.807) is 29.5 Å². The molecular formula is C15H15ClN2OS. The molecule has 2 aromatic rings. The molecule has 0 bridgehead atoms. The minimum atomic E-state index is -0.0657. The van der Waals surface area contributed by atoms with E-state index in [-0.39, 0.29) is 11.9 Å². The lowest BCUT2D eigenvalue weighted by Gasteiger charge is -2.25. The molecule has 1 aliphatic rings. The highest BCUT2D eigenvalue weighted by atomic mass is 35.5. The fourth-order valence-corrected chi connectivity index (χ4v) is 3.83. The number of likely N-dealkylation sites (tertiary alicyclic amines) is 1. The second kappa shape index (κ2) is 5.46. The minimum Gasteiger partial charge on any atom is -0.398 e. The molecule has 1 saturated heterocycles. The summed E-state index contributed by atoms with van der Waals surface area (Å²) in [6.45, 7) is 0.756. The molecule has 1 amide bonds. The summed E-state index contributed by atoms with van der Waals surface area (Å²) in [5.41, 5.74) is 6.80. The van der Waals surface area contributed by atoms with E-state index in [4.69, 9.17) is 17.3 Å². The molecule has 2 N–H and O–H groups in total. The maximum absolute atomic E-state index is 12.8. The summed E-state index contributed by atoms with van der Waals surface area (Å²) in [6, 6.07) is 9.44. The first-order valence-electron chi connectivity index (χ1n) is 6.57. The van der Waals surface area contributed by atoms with Gasteiger partial charge in [0.05, 0.1) is 16.6 Å². The van der Waals surface area contributed by atoms with Gasteiger partial charge in [-0.3, -0.25) is 4.79 Å². The number of carbonyl (C=O) groups is 1. The van der Waals surface area contributed by atoms with Crippen LogP contribution in [0.3, 0.4) is 0 Å². The van der Waals surface area contributed by atoms with Crippen LogP contribution in [0.5, 0.6) is 0 Å². The third-order valence-electron chi connectivity index (χ3n) is 3.64. The molecule has 1 atom stereocenters. The molecular weight excluding hydrogens is 292 g/mol. The molecule has 3 nitrogen and oxygen atoms in total. The molecule has 1 aliphatic heterocycles. The molecule has 1 fully saturated rings. The second-order valence-corrected chi connectivity index (χ2v) is 6.26. The third kappa shape index (κ3) is 2.30. The van der Waals surface area contributed by atoms with E-state index in [2.05, 4.69) is 6.07 Å². The molecule has 1 aromatic heterocycles. The highest BCUT2D eigenvalue weighted by molar-refractivity contribution is 7.10. The van der Waals surface area contributed by atoms with Crippen LogP contribution in [0.1, 0.15) is 34.1 Å². The van der Waals surface area contributed by atoms with E-state index in [1.165, 1.54) is 4.88 Å². The number of rotatable bonds is 2. The van der Waals surface area contributed by atoms with Gasteiger partial charge in [0.15, 0.2) is 0 Å². The Kier molecular flexibility index (Phi) is 3.68. The fourth-order valence-electron chi connectivity index (χ4n) is 2.70. The summed E-state index contributed by atoms with van der Waals surface area (Å²) < 4.78 is 0. The number of anilines is 1. The van der Waals surface area contributed by atoms with Crippen LogP contribution in [0.4, 0.5) is 5.69 Å². The Bertz CT molecular complexity index is 607. The van der Waals surface area contributed by atoms with Crippen molar-refractivity contribution in [2.24, 2.45) is 0 Å². The van der Waals surface area contributed by atoms with Crippen molar-refractivity contribution in [1.29, 1.82) is 0 Å². The monoisotopic (exact) mass is 306 g/mol. The summed E-state index contributed by atoms with van der Waals surface area (Å²) in [6.07, 6.45) is 2.01. The summed E-state index contributed by atoms with van der Waals surface area (Å²) in [7, 11) is 0. The summed E-state index contributed by atoms with van der Waals surface area (Å²) in [5, 5.41) is 2.46. The molecule has 0 aliphatic carbocycles. The number of thiophene rings is 1. The van der Waals surface area contributed by atoms with Gasteiger partial charge < -0.3 is 10.6 Å². The van der Waals surface area contributed by atoms with Crippen molar-refractivity contribution in [3.05, 3.63) is 51.2 Å². The van der Waals surface area contributed by atoms with Crippen LogP contribution in [-0.4, -0.2) is 17.4 Å². The van der Waals surface area contributed by atoms with Crippen LogP contribution < -0.4 is 5.73 Å². The Labute approximate surface area is 127 Å². The molecule has 2 heterocycles. The van der Waals surface area contributed by atoms with Crippen LogP contribution in [0.25, 0.3) is 0 Å². The van der Waals surface area contributed by atoms with Crippen molar-refractivity contribution in [2.45, 2.75) is 18.9 Å². The highest BCUT2D eigenvalue weighted by Gasteiger charge is 2.32. The molecule has 5 heteroatoms. The van der Waals surface area contributed by atoms with Gasteiger partial charge in [-0.1, -0.05) is 23.7 Å². The van der Waals surface area contributed by atoms with Gasteiger partial charge in [-0.2, -0.15) is 0 Å². The van der Waals surface area contributed by atoms with Gasteiger partial charge in [0.25, 0.3) is 5.91 Å². The number of hydrogen-bond acceptors (Lipinski definition) is 3. The molecule has 0 saturated carbocycles. The van der Waals surface area contributed by atoms with E-state index >= 15 is 0 Å². The zero-order valence-electron chi connectivity index (χ0n) is 10.9. The van der Waals surface area contributed by atoms with Crippen LogP contribution in [-0.2, 0) is 0 Å². The summed E-state index contributed by atoms with van der Waals surface area (Å²) in [4.78, 5) is 15.9. The van der Waals surface area contributed by atoms with Crippen LogP contribution in [0.2, 0.25) is 5.02 Å². The first-order chi connectivity index (χ1) is 9.68. The van der Waals surface area contributed by atoms with E-state index in [9.17, 15) is 4.79 Å². The Morgan fingerprint density at radius 3 is 2.90 bits per heavy atom. The van der Waals surface area contributed by atoms with Gasteiger partial charge >= 0.3 is 0 Å². The Morgan fingerprint density at radius 2 is 2.20 bits per heavy atom. The fraction of sp³-hybridized carbons (Fsp3) is 0.267.